The van der Waals surface area contributed by atoms with E-state index in [0.29, 0.717) is 30.0 Å². The Bertz CT molecular complexity index is 947. The second kappa shape index (κ2) is 7.31. The van der Waals surface area contributed by atoms with Gasteiger partial charge >= 0.3 is 6.18 Å². The van der Waals surface area contributed by atoms with Crippen molar-refractivity contribution >= 4 is 11.7 Å². The zero-order chi connectivity index (χ0) is 21.8. The number of rotatable bonds is 3. The van der Waals surface area contributed by atoms with Crippen LogP contribution in [0.5, 0.6) is 0 Å². The summed E-state index contributed by atoms with van der Waals surface area (Å²) < 4.78 is 44.0. The first kappa shape index (κ1) is 20.7. The molecule has 1 amide bonds. The van der Waals surface area contributed by atoms with Gasteiger partial charge in [-0.2, -0.15) is 23.4 Å². The van der Waals surface area contributed by atoms with Gasteiger partial charge in [-0.3, -0.25) is 9.48 Å². The number of alkyl halides is 3. The molecule has 0 aliphatic carbocycles. The Kier molecular flexibility index (Phi) is 5.06. The van der Waals surface area contributed by atoms with Crippen molar-refractivity contribution in [2.75, 3.05) is 11.9 Å². The quantitative estimate of drug-likeness (QED) is 0.813. The number of anilines is 1. The van der Waals surface area contributed by atoms with E-state index in [-0.39, 0.29) is 30.3 Å². The molecule has 164 valence electrons. The van der Waals surface area contributed by atoms with E-state index in [1.807, 2.05) is 20.8 Å². The first-order chi connectivity index (χ1) is 14.1. The van der Waals surface area contributed by atoms with Crippen LogP contribution in [0.15, 0.2) is 12.3 Å². The first-order valence-electron chi connectivity index (χ1n) is 10.3. The van der Waals surface area contributed by atoms with Gasteiger partial charge in [0.1, 0.15) is 5.82 Å². The fraction of sp³-hybridized carbons (Fsp3) is 0.650. The molecule has 2 aliphatic rings. The molecule has 0 radical (unpaired) electrons. The minimum absolute atomic E-state index is 0.0556. The van der Waals surface area contributed by atoms with Crippen LogP contribution in [0.4, 0.5) is 19.0 Å². The van der Waals surface area contributed by atoms with Crippen molar-refractivity contribution in [3.05, 3.63) is 29.2 Å². The van der Waals surface area contributed by atoms with Crippen LogP contribution in [0.1, 0.15) is 66.9 Å². The maximum absolute atomic E-state index is 13.8. The average molecular weight is 424 g/mol. The van der Waals surface area contributed by atoms with E-state index in [2.05, 4.69) is 15.5 Å². The molecule has 1 N–H and O–H groups in total. The predicted molar refractivity (Wildman–Crippen MR) is 105 cm³/mol. The minimum Gasteiger partial charge on any atom is -0.367 e. The number of carbonyl (C=O) groups is 1. The SMILES string of the molecule is Cc1c(C(=O)N2CCC[C@H]2c2cc3n(n2)[C@@H](C(F)(F)F)C[C@@H](C(C)C)N3)cnn1C. The van der Waals surface area contributed by atoms with Gasteiger partial charge in [-0.25, -0.2) is 4.68 Å². The Morgan fingerprint density at radius 3 is 2.67 bits per heavy atom. The Hall–Kier alpha value is -2.52. The number of likely N-dealkylation sites (tertiary alicyclic amines) is 1. The molecule has 7 nitrogen and oxygen atoms in total. The third-order valence-electron chi connectivity index (χ3n) is 6.36. The number of fused-ring (bicyclic) bond motifs is 1. The molecule has 2 aromatic rings. The van der Waals surface area contributed by atoms with Crippen LogP contribution >= 0.6 is 0 Å². The Labute approximate surface area is 173 Å². The van der Waals surface area contributed by atoms with Crippen molar-refractivity contribution in [1.29, 1.82) is 0 Å². The predicted octanol–water partition coefficient (Wildman–Crippen LogP) is 3.85. The monoisotopic (exact) mass is 424 g/mol. The zero-order valence-electron chi connectivity index (χ0n) is 17.6. The van der Waals surface area contributed by atoms with Crippen LogP contribution in [0.2, 0.25) is 0 Å². The highest BCUT2D eigenvalue weighted by molar-refractivity contribution is 5.95. The Morgan fingerprint density at radius 1 is 1.33 bits per heavy atom. The molecular weight excluding hydrogens is 397 g/mol. The number of nitrogens with zero attached hydrogens (tertiary/aromatic N) is 5. The number of carbonyl (C=O) groups excluding carboxylic acids is 1. The smallest absolute Gasteiger partial charge is 0.367 e. The van der Waals surface area contributed by atoms with Gasteiger partial charge in [0.25, 0.3) is 5.91 Å². The molecule has 0 aromatic carbocycles. The molecule has 10 heteroatoms. The van der Waals surface area contributed by atoms with Gasteiger partial charge in [0.05, 0.1) is 23.5 Å². The molecule has 0 saturated carbocycles. The van der Waals surface area contributed by atoms with Gasteiger partial charge in [0.2, 0.25) is 0 Å². The standard InChI is InChI=1S/C20H27F3N6O/c1-11(2)14-8-17(20(21,22)23)29-18(25-14)9-15(26-29)16-6-5-7-28(16)19(30)13-10-24-27(4)12(13)3/h9-11,14,16-17,25H,5-8H2,1-4H3/t14-,16-,17+/m0/s1. The van der Waals surface area contributed by atoms with Gasteiger partial charge in [0.15, 0.2) is 6.04 Å². The van der Waals surface area contributed by atoms with Crippen molar-refractivity contribution in [3.63, 3.8) is 0 Å². The molecule has 0 spiro atoms. The lowest BCUT2D eigenvalue weighted by molar-refractivity contribution is -0.174. The molecule has 30 heavy (non-hydrogen) atoms. The molecule has 3 atom stereocenters. The fourth-order valence-corrected chi connectivity index (χ4v) is 4.40. The molecular formula is C20H27F3N6O. The number of hydrogen-bond donors (Lipinski definition) is 1. The number of halogens is 3. The van der Waals surface area contributed by atoms with E-state index in [1.165, 1.54) is 0 Å². The molecule has 1 fully saturated rings. The van der Waals surface area contributed by atoms with Crippen molar-refractivity contribution in [1.82, 2.24) is 24.5 Å². The summed E-state index contributed by atoms with van der Waals surface area (Å²) in [7, 11) is 1.77. The summed E-state index contributed by atoms with van der Waals surface area (Å²) in [5, 5.41) is 11.7. The summed E-state index contributed by atoms with van der Waals surface area (Å²) in [6.45, 7) is 6.19. The summed E-state index contributed by atoms with van der Waals surface area (Å²) in [4.78, 5) is 14.8. The summed E-state index contributed by atoms with van der Waals surface area (Å²) >= 11 is 0. The van der Waals surface area contributed by atoms with Crippen LogP contribution in [0, 0.1) is 12.8 Å². The highest BCUT2D eigenvalue weighted by atomic mass is 19.4. The maximum atomic E-state index is 13.8. The summed E-state index contributed by atoms with van der Waals surface area (Å²) in [6, 6.07) is -0.614. The van der Waals surface area contributed by atoms with E-state index in [4.69, 9.17) is 0 Å². The van der Waals surface area contributed by atoms with Crippen molar-refractivity contribution < 1.29 is 18.0 Å². The Balaban J connectivity index is 1.66. The average Bonchev–Trinajstić information content (AvgIpc) is 3.38. The summed E-state index contributed by atoms with van der Waals surface area (Å²) in [5.74, 6) is 0.267. The number of amides is 1. The van der Waals surface area contributed by atoms with Gasteiger partial charge in [-0.05, 0) is 32.1 Å². The lowest BCUT2D eigenvalue weighted by Gasteiger charge is -2.35. The molecule has 0 unspecified atom stereocenters. The third kappa shape index (κ3) is 3.45. The van der Waals surface area contributed by atoms with Gasteiger partial charge in [-0.1, -0.05) is 13.8 Å². The summed E-state index contributed by atoms with van der Waals surface area (Å²) in [5.41, 5.74) is 1.77. The highest BCUT2D eigenvalue weighted by Crippen LogP contribution is 2.42. The van der Waals surface area contributed by atoms with E-state index in [9.17, 15) is 18.0 Å². The topological polar surface area (TPSA) is 68.0 Å². The van der Waals surface area contributed by atoms with E-state index < -0.39 is 12.2 Å². The maximum Gasteiger partial charge on any atom is 0.410 e. The van der Waals surface area contributed by atoms with Gasteiger partial charge in [0, 0.05) is 31.4 Å². The van der Waals surface area contributed by atoms with Crippen molar-refractivity contribution in [2.24, 2.45) is 13.0 Å². The zero-order valence-corrected chi connectivity index (χ0v) is 17.6. The number of aryl methyl sites for hydroxylation is 1. The largest absolute Gasteiger partial charge is 0.410 e. The minimum atomic E-state index is -4.38. The second-order valence-corrected chi connectivity index (χ2v) is 8.61. The molecule has 1 saturated heterocycles. The van der Waals surface area contributed by atoms with E-state index in [1.54, 1.807) is 28.9 Å². The molecule has 4 rings (SSSR count). The number of hydrogen-bond acceptors (Lipinski definition) is 4. The van der Waals surface area contributed by atoms with Gasteiger partial charge in [-0.15, -0.1) is 0 Å². The van der Waals surface area contributed by atoms with E-state index >= 15 is 0 Å². The number of nitrogens with one attached hydrogen (secondary N) is 1. The first-order valence-corrected chi connectivity index (χ1v) is 10.3. The normalized spacial score (nSPS) is 24.3. The molecule has 2 aliphatic heterocycles. The molecule has 4 heterocycles. The van der Waals surface area contributed by atoms with Crippen LogP contribution in [-0.4, -0.2) is 49.1 Å². The summed E-state index contributed by atoms with van der Waals surface area (Å²) in [6.07, 6.45) is -1.45. The molecule has 2 aromatic heterocycles. The third-order valence-corrected chi connectivity index (χ3v) is 6.36. The van der Waals surface area contributed by atoms with Crippen LogP contribution in [-0.2, 0) is 7.05 Å². The van der Waals surface area contributed by atoms with Crippen LogP contribution in [0.3, 0.4) is 0 Å². The van der Waals surface area contributed by atoms with E-state index in [0.717, 1.165) is 16.8 Å². The lowest BCUT2D eigenvalue weighted by atomic mass is 9.94. The van der Waals surface area contributed by atoms with Crippen LogP contribution < -0.4 is 5.32 Å². The van der Waals surface area contributed by atoms with Crippen molar-refractivity contribution in [3.8, 4) is 0 Å². The second-order valence-electron chi connectivity index (χ2n) is 8.61. The van der Waals surface area contributed by atoms with Crippen LogP contribution in [0.25, 0.3) is 0 Å². The fourth-order valence-electron chi connectivity index (χ4n) is 4.40. The highest BCUT2D eigenvalue weighted by Gasteiger charge is 2.47. The van der Waals surface area contributed by atoms with Crippen molar-refractivity contribution in [2.45, 2.75) is 64.3 Å². The Morgan fingerprint density at radius 2 is 2.07 bits per heavy atom. The number of aromatic nitrogens is 4. The lowest BCUT2D eigenvalue weighted by Crippen LogP contribution is -2.41. The molecule has 0 bridgehead atoms. The van der Waals surface area contributed by atoms with Gasteiger partial charge < -0.3 is 10.2 Å².